The van der Waals surface area contributed by atoms with Gasteiger partial charge in [0.05, 0.1) is 5.60 Å². The van der Waals surface area contributed by atoms with Crippen LogP contribution in [0.4, 0.5) is 0 Å². The Hall–Kier alpha value is -1.30. The molecule has 0 radical (unpaired) electrons. The number of nitrogens with zero attached hydrogens (tertiary/aromatic N) is 1. The van der Waals surface area contributed by atoms with E-state index >= 15 is 0 Å². The molecule has 1 spiro atoms. The second-order valence-electron chi connectivity index (χ2n) is 7.00. The molecular weight excluding hydrogens is 294 g/mol. The van der Waals surface area contributed by atoms with Gasteiger partial charge < -0.3 is 18.9 Å². The van der Waals surface area contributed by atoms with E-state index in [2.05, 4.69) is 17.0 Å². The van der Waals surface area contributed by atoms with Crippen LogP contribution >= 0.6 is 0 Å². The van der Waals surface area contributed by atoms with Crippen LogP contribution in [0.1, 0.15) is 24.8 Å². The summed E-state index contributed by atoms with van der Waals surface area (Å²) in [6.45, 7) is 5.11. The Bertz CT molecular complexity index is 556. The van der Waals surface area contributed by atoms with Gasteiger partial charge in [-0.05, 0) is 42.9 Å². The van der Waals surface area contributed by atoms with Gasteiger partial charge in [-0.3, -0.25) is 4.90 Å². The second kappa shape index (κ2) is 6.30. The summed E-state index contributed by atoms with van der Waals surface area (Å²) >= 11 is 0. The van der Waals surface area contributed by atoms with E-state index in [0.29, 0.717) is 6.79 Å². The molecule has 0 saturated carbocycles. The molecule has 0 unspecified atom stereocenters. The largest absolute Gasteiger partial charge is 0.454 e. The van der Waals surface area contributed by atoms with Crippen LogP contribution in [0.25, 0.3) is 0 Å². The van der Waals surface area contributed by atoms with Crippen LogP contribution in [0.15, 0.2) is 18.2 Å². The Balaban J connectivity index is 1.30. The molecular formula is C18H25NO4. The quantitative estimate of drug-likeness (QED) is 0.834. The topological polar surface area (TPSA) is 40.2 Å². The fourth-order valence-electron chi connectivity index (χ4n) is 4.06. The smallest absolute Gasteiger partial charge is 0.231 e. The van der Waals surface area contributed by atoms with Gasteiger partial charge in [-0.25, -0.2) is 0 Å². The molecule has 4 rings (SSSR count). The number of fused-ring (bicyclic) bond motifs is 1. The van der Waals surface area contributed by atoms with E-state index in [1.165, 1.54) is 18.4 Å². The van der Waals surface area contributed by atoms with Crippen LogP contribution in [0.3, 0.4) is 0 Å². The SMILES string of the molecule is COCC[C@H]1CCOC2(C1)CN(Cc1ccc3c(c1)OCO3)C2. The fraction of sp³-hybridized carbons (Fsp3) is 0.667. The first-order valence-electron chi connectivity index (χ1n) is 8.50. The van der Waals surface area contributed by atoms with Gasteiger partial charge in [0.15, 0.2) is 11.5 Å². The van der Waals surface area contributed by atoms with Gasteiger partial charge in [0.25, 0.3) is 0 Å². The van der Waals surface area contributed by atoms with Crippen LogP contribution in [0, 0.1) is 5.92 Å². The summed E-state index contributed by atoms with van der Waals surface area (Å²) in [5.41, 5.74) is 1.36. The van der Waals surface area contributed by atoms with Crippen molar-refractivity contribution >= 4 is 0 Å². The molecule has 3 aliphatic rings. The maximum absolute atomic E-state index is 6.13. The van der Waals surface area contributed by atoms with Crippen molar-refractivity contribution in [3.8, 4) is 11.5 Å². The normalized spacial score (nSPS) is 25.5. The number of hydrogen-bond acceptors (Lipinski definition) is 5. The molecule has 1 aromatic carbocycles. The zero-order valence-corrected chi connectivity index (χ0v) is 13.8. The van der Waals surface area contributed by atoms with Crippen LogP contribution in [-0.2, 0) is 16.0 Å². The van der Waals surface area contributed by atoms with E-state index in [1.54, 1.807) is 7.11 Å². The van der Waals surface area contributed by atoms with Gasteiger partial charge in [0.2, 0.25) is 6.79 Å². The van der Waals surface area contributed by atoms with Crippen molar-refractivity contribution in [2.45, 2.75) is 31.4 Å². The predicted molar refractivity (Wildman–Crippen MR) is 85.7 cm³/mol. The number of hydrogen-bond donors (Lipinski definition) is 0. The number of methoxy groups -OCH3 is 1. The van der Waals surface area contributed by atoms with Gasteiger partial charge in [-0.15, -0.1) is 0 Å². The third-order valence-corrected chi connectivity index (χ3v) is 5.19. The molecule has 0 amide bonds. The number of ether oxygens (including phenoxy) is 4. The van der Waals surface area contributed by atoms with E-state index in [-0.39, 0.29) is 5.60 Å². The van der Waals surface area contributed by atoms with Gasteiger partial charge in [-0.2, -0.15) is 0 Å². The molecule has 1 atom stereocenters. The van der Waals surface area contributed by atoms with E-state index in [4.69, 9.17) is 18.9 Å². The first-order chi connectivity index (χ1) is 11.3. The van der Waals surface area contributed by atoms with Crippen LogP contribution in [0.5, 0.6) is 11.5 Å². The molecule has 0 aromatic heterocycles. The van der Waals surface area contributed by atoms with Gasteiger partial charge in [0.1, 0.15) is 0 Å². The molecule has 2 fully saturated rings. The Morgan fingerprint density at radius 1 is 1.26 bits per heavy atom. The first kappa shape index (κ1) is 15.2. The highest BCUT2D eigenvalue weighted by atomic mass is 16.7. The Kier molecular flexibility index (Phi) is 4.18. The maximum Gasteiger partial charge on any atom is 0.231 e. The monoisotopic (exact) mass is 319 g/mol. The summed E-state index contributed by atoms with van der Waals surface area (Å²) in [5, 5.41) is 0. The maximum atomic E-state index is 6.13. The van der Waals surface area contributed by atoms with Crippen molar-refractivity contribution in [1.29, 1.82) is 0 Å². The summed E-state index contributed by atoms with van der Waals surface area (Å²) in [4.78, 5) is 2.45. The Labute approximate surface area is 137 Å². The number of likely N-dealkylation sites (tertiary alicyclic amines) is 1. The minimum absolute atomic E-state index is 0.0903. The highest BCUT2D eigenvalue weighted by Crippen LogP contribution is 2.39. The molecule has 126 valence electrons. The van der Waals surface area contributed by atoms with Gasteiger partial charge >= 0.3 is 0 Å². The summed E-state index contributed by atoms with van der Waals surface area (Å²) < 4.78 is 22.2. The zero-order valence-electron chi connectivity index (χ0n) is 13.8. The van der Waals surface area contributed by atoms with Crippen molar-refractivity contribution in [2.24, 2.45) is 5.92 Å². The molecule has 5 nitrogen and oxygen atoms in total. The first-order valence-corrected chi connectivity index (χ1v) is 8.50. The third-order valence-electron chi connectivity index (χ3n) is 5.19. The summed E-state index contributed by atoms with van der Waals surface area (Å²) in [5.74, 6) is 2.47. The minimum Gasteiger partial charge on any atom is -0.454 e. The number of benzene rings is 1. The van der Waals surface area contributed by atoms with Gasteiger partial charge in [0, 0.05) is 40.0 Å². The van der Waals surface area contributed by atoms with Crippen LogP contribution in [0.2, 0.25) is 0 Å². The molecule has 3 heterocycles. The summed E-state index contributed by atoms with van der Waals surface area (Å²) in [6, 6.07) is 6.23. The lowest BCUT2D eigenvalue weighted by Crippen LogP contribution is -2.64. The van der Waals surface area contributed by atoms with Gasteiger partial charge in [-0.1, -0.05) is 6.07 Å². The molecule has 2 saturated heterocycles. The Morgan fingerprint density at radius 2 is 2.13 bits per heavy atom. The molecule has 1 aromatic rings. The molecule has 23 heavy (non-hydrogen) atoms. The van der Waals surface area contributed by atoms with Crippen molar-refractivity contribution in [2.75, 3.05) is 40.2 Å². The highest BCUT2D eigenvalue weighted by Gasteiger charge is 2.47. The average molecular weight is 319 g/mol. The minimum atomic E-state index is 0.0903. The summed E-state index contributed by atoms with van der Waals surface area (Å²) in [7, 11) is 1.78. The van der Waals surface area contributed by atoms with Crippen molar-refractivity contribution in [1.82, 2.24) is 4.90 Å². The molecule has 0 N–H and O–H groups in total. The van der Waals surface area contributed by atoms with Crippen molar-refractivity contribution in [3.63, 3.8) is 0 Å². The molecule has 0 aliphatic carbocycles. The van der Waals surface area contributed by atoms with E-state index in [1.807, 2.05) is 6.07 Å². The predicted octanol–water partition coefficient (Wildman–Crippen LogP) is 2.43. The van der Waals surface area contributed by atoms with Crippen molar-refractivity contribution < 1.29 is 18.9 Å². The fourth-order valence-corrected chi connectivity index (χ4v) is 4.06. The van der Waals surface area contributed by atoms with Crippen LogP contribution < -0.4 is 9.47 Å². The van der Waals surface area contributed by atoms with E-state index < -0.39 is 0 Å². The lowest BCUT2D eigenvalue weighted by molar-refractivity contribution is -0.182. The zero-order chi connectivity index (χ0) is 15.7. The van der Waals surface area contributed by atoms with E-state index in [0.717, 1.165) is 56.7 Å². The average Bonchev–Trinajstić information content (AvgIpc) is 2.99. The van der Waals surface area contributed by atoms with E-state index in [9.17, 15) is 0 Å². The standard InChI is InChI=1S/C18H25NO4/c1-20-6-4-14-5-7-23-18(9-14)11-19(12-18)10-15-2-3-16-17(8-15)22-13-21-16/h2-3,8,14H,4-7,9-13H2,1H3/t14-/m0/s1. The highest BCUT2D eigenvalue weighted by molar-refractivity contribution is 5.44. The summed E-state index contributed by atoms with van der Waals surface area (Å²) in [6.07, 6.45) is 3.51. The molecule has 0 bridgehead atoms. The number of rotatable bonds is 5. The Morgan fingerprint density at radius 3 is 3.00 bits per heavy atom. The lowest BCUT2D eigenvalue weighted by Gasteiger charge is -2.53. The van der Waals surface area contributed by atoms with Crippen molar-refractivity contribution in [3.05, 3.63) is 23.8 Å². The second-order valence-corrected chi connectivity index (χ2v) is 7.00. The van der Waals surface area contributed by atoms with Crippen LogP contribution in [-0.4, -0.2) is 50.7 Å². The molecule has 5 heteroatoms. The third kappa shape index (κ3) is 3.18. The molecule has 3 aliphatic heterocycles. The lowest BCUT2D eigenvalue weighted by atomic mass is 9.79.